The number of nitrogens with zero attached hydrogens (tertiary/aromatic N) is 6. The lowest BCUT2D eigenvalue weighted by Gasteiger charge is -2.20. The summed E-state index contributed by atoms with van der Waals surface area (Å²) in [7, 11) is -0.931. The number of aryl methyl sites for hydroxylation is 3. The molecule has 0 radical (unpaired) electrons. The van der Waals surface area contributed by atoms with E-state index in [4.69, 9.17) is 0 Å². The second-order valence-corrected chi connectivity index (χ2v) is 9.56. The Morgan fingerprint density at radius 3 is 2.57 bits per heavy atom. The highest BCUT2D eigenvalue weighted by atomic mass is 32.2. The highest BCUT2D eigenvalue weighted by Gasteiger charge is 2.29. The lowest BCUT2D eigenvalue weighted by atomic mass is 10.2. The van der Waals surface area contributed by atoms with Gasteiger partial charge in [0.1, 0.15) is 5.56 Å². The smallest absolute Gasteiger partial charge is 0.265 e. The van der Waals surface area contributed by atoms with Gasteiger partial charge < -0.3 is 0 Å². The van der Waals surface area contributed by atoms with Crippen molar-refractivity contribution in [1.82, 2.24) is 24.4 Å². The third-order valence-corrected chi connectivity index (χ3v) is 7.30. The number of aromatic nitrogens is 5. The number of amides is 1. The number of nitrogens with one attached hydrogen (secondary N) is 1. The lowest BCUT2D eigenvalue weighted by Crippen LogP contribution is -2.30. The molecule has 0 saturated heterocycles. The average Bonchev–Trinajstić information content (AvgIpc) is 3.37. The Bertz CT molecular complexity index is 1350. The van der Waals surface area contributed by atoms with Gasteiger partial charge in [-0.1, -0.05) is 17.7 Å². The molecule has 0 aliphatic carbocycles. The van der Waals surface area contributed by atoms with Gasteiger partial charge in [0.15, 0.2) is 5.82 Å². The monoisotopic (exact) mass is 445 g/mol. The van der Waals surface area contributed by atoms with E-state index in [-0.39, 0.29) is 22.2 Å². The normalized spacial score (nSPS) is 11.7. The Balaban J connectivity index is 1.66. The van der Waals surface area contributed by atoms with Crippen LogP contribution < -0.4 is 9.62 Å². The molecule has 4 rings (SSSR count). The molecular weight excluding hydrogens is 426 g/mol. The van der Waals surface area contributed by atoms with Gasteiger partial charge in [-0.2, -0.15) is 10.1 Å². The second-order valence-electron chi connectivity index (χ2n) is 6.75. The standard InChI is InChI=1S/C18H19N7O3S2/c1-11-5-7-13(8-6-11)30(27,28)24(4)16-14(9-19-23(16)3)15(26)20-17-21-18-25(22-17)12(2)10-29-18/h5-10H,1-4H3,(H,20,22,26). The first-order chi connectivity index (χ1) is 14.2. The molecular formula is C18H19N7O3S2. The van der Waals surface area contributed by atoms with E-state index in [1.165, 1.54) is 41.4 Å². The van der Waals surface area contributed by atoms with Gasteiger partial charge in [-0.3, -0.25) is 19.1 Å². The van der Waals surface area contributed by atoms with Crippen molar-refractivity contribution in [3.05, 3.63) is 52.7 Å². The Morgan fingerprint density at radius 1 is 1.20 bits per heavy atom. The van der Waals surface area contributed by atoms with Gasteiger partial charge in [0.25, 0.3) is 21.9 Å². The summed E-state index contributed by atoms with van der Waals surface area (Å²) in [5.41, 5.74) is 1.93. The number of carbonyl (C=O) groups is 1. The molecule has 0 saturated carbocycles. The number of benzene rings is 1. The topological polar surface area (TPSA) is 114 Å². The Morgan fingerprint density at radius 2 is 1.90 bits per heavy atom. The zero-order valence-electron chi connectivity index (χ0n) is 16.7. The quantitative estimate of drug-likeness (QED) is 0.504. The summed E-state index contributed by atoms with van der Waals surface area (Å²) in [6.07, 6.45) is 1.31. The van der Waals surface area contributed by atoms with E-state index in [9.17, 15) is 13.2 Å². The van der Waals surface area contributed by atoms with Crippen LogP contribution in [0.3, 0.4) is 0 Å². The molecule has 12 heteroatoms. The van der Waals surface area contributed by atoms with Gasteiger partial charge >= 0.3 is 0 Å². The van der Waals surface area contributed by atoms with Crippen LogP contribution in [0.15, 0.2) is 40.7 Å². The average molecular weight is 446 g/mol. The van der Waals surface area contributed by atoms with Crippen LogP contribution in [-0.4, -0.2) is 45.8 Å². The number of hydrogen-bond acceptors (Lipinski definition) is 7. The highest BCUT2D eigenvalue weighted by molar-refractivity contribution is 7.92. The van der Waals surface area contributed by atoms with Crippen molar-refractivity contribution < 1.29 is 13.2 Å². The SMILES string of the molecule is Cc1ccc(S(=O)(=O)N(C)c2c(C(=O)Nc3nc4scc(C)n4n3)cnn2C)cc1. The molecule has 4 aromatic rings. The summed E-state index contributed by atoms with van der Waals surface area (Å²) < 4.78 is 30.2. The zero-order chi connectivity index (χ0) is 21.6. The lowest BCUT2D eigenvalue weighted by molar-refractivity contribution is 0.102. The maximum atomic E-state index is 13.1. The molecule has 1 aromatic carbocycles. The Labute approximate surface area is 176 Å². The first-order valence-electron chi connectivity index (χ1n) is 8.88. The van der Waals surface area contributed by atoms with Gasteiger partial charge in [-0.05, 0) is 26.0 Å². The maximum absolute atomic E-state index is 13.1. The molecule has 10 nitrogen and oxygen atoms in total. The number of anilines is 2. The van der Waals surface area contributed by atoms with Crippen LogP contribution in [0.25, 0.3) is 4.96 Å². The van der Waals surface area contributed by atoms with E-state index in [1.807, 2.05) is 19.2 Å². The van der Waals surface area contributed by atoms with E-state index in [1.54, 1.807) is 23.7 Å². The van der Waals surface area contributed by atoms with Crippen molar-refractivity contribution in [3.63, 3.8) is 0 Å². The first-order valence-corrected chi connectivity index (χ1v) is 11.2. The number of thiazole rings is 1. The Kier molecular flexibility index (Phi) is 4.82. The van der Waals surface area contributed by atoms with Crippen LogP contribution in [-0.2, 0) is 17.1 Å². The summed E-state index contributed by atoms with van der Waals surface area (Å²) in [6, 6.07) is 6.49. The van der Waals surface area contributed by atoms with Crippen molar-refractivity contribution in [2.24, 2.45) is 7.05 Å². The molecule has 156 valence electrons. The molecule has 0 bridgehead atoms. The maximum Gasteiger partial charge on any atom is 0.265 e. The fourth-order valence-electron chi connectivity index (χ4n) is 2.96. The van der Waals surface area contributed by atoms with Crippen LogP contribution >= 0.6 is 11.3 Å². The van der Waals surface area contributed by atoms with Crippen LogP contribution in [0, 0.1) is 13.8 Å². The molecule has 0 unspecified atom stereocenters. The molecule has 0 fully saturated rings. The molecule has 1 N–H and O–H groups in total. The molecule has 30 heavy (non-hydrogen) atoms. The highest BCUT2D eigenvalue weighted by Crippen LogP contribution is 2.26. The molecule has 3 aromatic heterocycles. The predicted molar refractivity (Wildman–Crippen MR) is 114 cm³/mol. The van der Waals surface area contributed by atoms with Crippen molar-refractivity contribution in [2.75, 3.05) is 16.7 Å². The van der Waals surface area contributed by atoms with Crippen molar-refractivity contribution in [1.29, 1.82) is 0 Å². The van der Waals surface area contributed by atoms with Gasteiger partial charge in [-0.15, -0.1) is 16.4 Å². The van der Waals surface area contributed by atoms with E-state index < -0.39 is 15.9 Å². The molecule has 0 aliphatic heterocycles. The van der Waals surface area contributed by atoms with Crippen molar-refractivity contribution >= 4 is 44.0 Å². The van der Waals surface area contributed by atoms with Gasteiger partial charge in [0, 0.05) is 19.5 Å². The van der Waals surface area contributed by atoms with E-state index in [0.29, 0.717) is 4.96 Å². The number of hydrogen-bond donors (Lipinski definition) is 1. The number of fused-ring (bicyclic) bond motifs is 1. The van der Waals surface area contributed by atoms with Crippen LogP contribution in [0.5, 0.6) is 0 Å². The van der Waals surface area contributed by atoms with Crippen molar-refractivity contribution in [2.45, 2.75) is 18.7 Å². The third-order valence-electron chi connectivity index (χ3n) is 4.60. The minimum atomic E-state index is -3.89. The van der Waals surface area contributed by atoms with Crippen LogP contribution in [0.4, 0.5) is 11.8 Å². The number of carbonyl (C=O) groups excluding carboxylic acids is 1. The summed E-state index contributed by atoms with van der Waals surface area (Å²) in [4.78, 5) is 17.9. The van der Waals surface area contributed by atoms with Gasteiger partial charge in [0.2, 0.25) is 4.96 Å². The molecule has 0 aliphatic rings. The Hall–Kier alpha value is -3.25. The fraction of sp³-hybridized carbons (Fsp3) is 0.222. The van der Waals surface area contributed by atoms with Gasteiger partial charge in [-0.25, -0.2) is 12.9 Å². The summed E-state index contributed by atoms with van der Waals surface area (Å²) in [5, 5.41) is 12.8. The zero-order valence-corrected chi connectivity index (χ0v) is 18.3. The minimum Gasteiger partial charge on any atom is -0.289 e. The van der Waals surface area contributed by atoms with Crippen LogP contribution in [0.1, 0.15) is 21.6 Å². The molecule has 3 heterocycles. The largest absolute Gasteiger partial charge is 0.289 e. The van der Waals surface area contributed by atoms with E-state index in [2.05, 4.69) is 20.5 Å². The summed E-state index contributed by atoms with van der Waals surface area (Å²) in [5.74, 6) is -0.293. The van der Waals surface area contributed by atoms with E-state index >= 15 is 0 Å². The summed E-state index contributed by atoms with van der Waals surface area (Å²) in [6.45, 7) is 3.76. The summed E-state index contributed by atoms with van der Waals surface area (Å²) >= 11 is 1.41. The fourth-order valence-corrected chi connectivity index (χ4v) is 5.00. The van der Waals surface area contributed by atoms with Crippen molar-refractivity contribution in [3.8, 4) is 0 Å². The minimum absolute atomic E-state index is 0.0885. The first kappa shape index (κ1) is 20.0. The van der Waals surface area contributed by atoms with Crippen LogP contribution in [0.2, 0.25) is 0 Å². The molecule has 0 atom stereocenters. The third kappa shape index (κ3) is 3.33. The molecule has 0 spiro atoms. The molecule has 1 amide bonds. The van der Waals surface area contributed by atoms with E-state index in [0.717, 1.165) is 15.6 Å². The van der Waals surface area contributed by atoms with Gasteiger partial charge in [0.05, 0.1) is 16.8 Å². The number of sulfonamides is 1. The predicted octanol–water partition coefficient (Wildman–Crippen LogP) is 2.22. The number of rotatable bonds is 5. The second kappa shape index (κ2) is 7.22.